The van der Waals surface area contributed by atoms with Crippen molar-refractivity contribution >= 4 is 5.91 Å². The van der Waals surface area contributed by atoms with Crippen LogP contribution in [0.5, 0.6) is 0 Å². The summed E-state index contributed by atoms with van der Waals surface area (Å²) < 4.78 is 51.6. The molecule has 126 valence electrons. The molecule has 1 saturated carbocycles. The first-order valence-corrected chi connectivity index (χ1v) is 7.43. The minimum Gasteiger partial charge on any atom is -0.350 e. The predicted octanol–water partition coefficient (Wildman–Crippen LogP) is 1.55. The predicted molar refractivity (Wildman–Crippen MR) is 73.5 cm³/mol. The van der Waals surface area contributed by atoms with Gasteiger partial charge in [-0.1, -0.05) is 6.08 Å². The van der Waals surface area contributed by atoms with Gasteiger partial charge in [-0.05, 0) is 32.1 Å². The molecule has 0 aromatic rings. The van der Waals surface area contributed by atoms with E-state index in [2.05, 4.69) is 5.32 Å². The van der Waals surface area contributed by atoms with Crippen molar-refractivity contribution in [1.29, 1.82) is 0 Å². The number of amides is 1. The molecule has 1 amide bonds. The first-order chi connectivity index (χ1) is 10.2. The fourth-order valence-electron chi connectivity index (χ4n) is 3.01. The van der Waals surface area contributed by atoms with Gasteiger partial charge in [-0.25, -0.2) is 4.39 Å². The lowest BCUT2D eigenvalue weighted by molar-refractivity contribution is -0.182. The number of hydrogen-bond acceptors (Lipinski definition) is 3. The van der Waals surface area contributed by atoms with Gasteiger partial charge >= 0.3 is 6.18 Å². The zero-order valence-corrected chi connectivity index (χ0v) is 12.1. The third kappa shape index (κ3) is 3.98. The number of rotatable bonds is 2. The van der Waals surface area contributed by atoms with E-state index in [0.29, 0.717) is 0 Å². The first kappa shape index (κ1) is 17.2. The fourth-order valence-corrected chi connectivity index (χ4v) is 3.01. The smallest absolute Gasteiger partial charge is 0.350 e. The van der Waals surface area contributed by atoms with Gasteiger partial charge in [0.2, 0.25) is 5.91 Å². The average molecular weight is 323 g/mol. The summed E-state index contributed by atoms with van der Waals surface area (Å²) >= 11 is 0. The van der Waals surface area contributed by atoms with Crippen LogP contribution < -0.4 is 16.8 Å². The zero-order valence-electron chi connectivity index (χ0n) is 12.1. The molecule has 2 aliphatic rings. The molecule has 4 nitrogen and oxygen atoms in total. The summed E-state index contributed by atoms with van der Waals surface area (Å²) in [4.78, 5) is 12.1. The highest BCUT2D eigenvalue weighted by Crippen LogP contribution is 2.37. The lowest BCUT2D eigenvalue weighted by Crippen LogP contribution is -2.48. The molecular weight excluding hydrogens is 302 g/mol. The van der Waals surface area contributed by atoms with E-state index in [9.17, 15) is 22.4 Å². The van der Waals surface area contributed by atoms with Gasteiger partial charge in [-0.15, -0.1) is 0 Å². The Morgan fingerprint density at radius 1 is 1.18 bits per heavy atom. The van der Waals surface area contributed by atoms with Crippen molar-refractivity contribution in [3.63, 3.8) is 0 Å². The normalized spacial score (nSPS) is 36.6. The molecule has 0 aromatic carbocycles. The molecule has 0 aromatic heterocycles. The molecule has 0 spiro atoms. The van der Waals surface area contributed by atoms with Gasteiger partial charge in [0, 0.05) is 23.7 Å². The molecule has 0 radical (unpaired) electrons. The number of halogens is 4. The summed E-state index contributed by atoms with van der Waals surface area (Å²) in [5.41, 5.74) is 11.3. The summed E-state index contributed by atoms with van der Waals surface area (Å²) in [6.45, 7) is 0. The number of hydrogen-bond donors (Lipinski definition) is 3. The molecule has 3 unspecified atom stereocenters. The number of alkyl halides is 4. The van der Waals surface area contributed by atoms with Crippen LogP contribution in [0.1, 0.15) is 32.1 Å². The number of carbonyl (C=O) groups is 1. The molecule has 5 N–H and O–H groups in total. The molecule has 2 rings (SSSR count). The summed E-state index contributed by atoms with van der Waals surface area (Å²) in [5.74, 6) is -1.90. The van der Waals surface area contributed by atoms with Gasteiger partial charge in [0.25, 0.3) is 0 Å². The summed E-state index contributed by atoms with van der Waals surface area (Å²) in [7, 11) is 0. The molecule has 22 heavy (non-hydrogen) atoms. The van der Waals surface area contributed by atoms with Gasteiger partial charge in [0.1, 0.15) is 6.17 Å². The van der Waals surface area contributed by atoms with Crippen molar-refractivity contribution in [3.05, 3.63) is 11.6 Å². The Bertz CT molecular complexity index is 444. The van der Waals surface area contributed by atoms with Gasteiger partial charge < -0.3 is 16.8 Å². The minimum atomic E-state index is -4.19. The molecular formula is C14H21F4N3O. The Hall–Kier alpha value is -1.15. The first-order valence-electron chi connectivity index (χ1n) is 7.43. The largest absolute Gasteiger partial charge is 0.391 e. The topological polar surface area (TPSA) is 81.1 Å². The highest BCUT2D eigenvalue weighted by atomic mass is 19.4. The Kier molecular flexibility index (Phi) is 5.11. The van der Waals surface area contributed by atoms with E-state index in [1.54, 1.807) is 0 Å². The Morgan fingerprint density at radius 2 is 1.77 bits per heavy atom. The van der Waals surface area contributed by atoms with Crippen molar-refractivity contribution in [2.75, 3.05) is 0 Å². The quantitative estimate of drug-likeness (QED) is 0.674. The molecule has 0 aliphatic heterocycles. The molecule has 3 atom stereocenters. The standard InChI is InChI=1S/C14H21F4N3O/c15-10-6-12(20)11(19)5-9(10)13(22)21-8-3-1-7(2-4-8)14(16,17)18/h5,7-8,10-12H,1-4,6,19-20H2,(H,21,22). The maximum Gasteiger partial charge on any atom is 0.391 e. The second-order valence-corrected chi connectivity index (χ2v) is 6.13. The van der Waals surface area contributed by atoms with Crippen LogP contribution in [-0.4, -0.2) is 36.4 Å². The van der Waals surface area contributed by atoms with Crippen LogP contribution in [0, 0.1) is 5.92 Å². The maximum atomic E-state index is 13.9. The van der Waals surface area contributed by atoms with E-state index in [4.69, 9.17) is 11.5 Å². The van der Waals surface area contributed by atoms with Crippen molar-refractivity contribution in [3.8, 4) is 0 Å². The zero-order chi connectivity index (χ0) is 16.5. The minimum absolute atomic E-state index is 0.0169. The molecule has 0 bridgehead atoms. The maximum absolute atomic E-state index is 13.9. The monoisotopic (exact) mass is 323 g/mol. The highest BCUT2D eigenvalue weighted by molar-refractivity contribution is 5.95. The second kappa shape index (κ2) is 6.54. The van der Waals surface area contributed by atoms with Gasteiger partial charge in [-0.3, -0.25) is 4.79 Å². The third-order valence-corrected chi connectivity index (χ3v) is 4.47. The number of carbonyl (C=O) groups excluding carboxylic acids is 1. The molecule has 8 heteroatoms. The summed E-state index contributed by atoms with van der Waals surface area (Å²) in [6, 6.07) is -1.48. The Balaban J connectivity index is 1.90. The third-order valence-electron chi connectivity index (χ3n) is 4.47. The van der Waals surface area contributed by atoms with Crippen LogP contribution in [0.15, 0.2) is 11.6 Å². The summed E-state index contributed by atoms with van der Waals surface area (Å²) in [5, 5.41) is 2.62. The van der Waals surface area contributed by atoms with E-state index in [1.165, 1.54) is 6.08 Å². The van der Waals surface area contributed by atoms with Crippen molar-refractivity contribution in [2.24, 2.45) is 17.4 Å². The fraction of sp³-hybridized carbons (Fsp3) is 0.786. The molecule has 2 aliphatic carbocycles. The number of nitrogens with two attached hydrogens (primary N) is 2. The molecule has 0 saturated heterocycles. The molecule has 0 heterocycles. The second-order valence-electron chi connectivity index (χ2n) is 6.13. The lowest BCUT2D eigenvalue weighted by atomic mass is 9.85. The van der Waals surface area contributed by atoms with E-state index in [0.717, 1.165) is 0 Å². The van der Waals surface area contributed by atoms with Crippen LogP contribution in [-0.2, 0) is 4.79 Å². The van der Waals surface area contributed by atoms with Crippen molar-refractivity contribution in [2.45, 2.75) is 62.6 Å². The van der Waals surface area contributed by atoms with E-state index in [1.807, 2.05) is 0 Å². The summed E-state index contributed by atoms with van der Waals surface area (Å²) in [6.07, 6.45) is -3.93. The van der Waals surface area contributed by atoms with E-state index >= 15 is 0 Å². The van der Waals surface area contributed by atoms with Crippen LogP contribution in [0.2, 0.25) is 0 Å². The average Bonchev–Trinajstić information content (AvgIpc) is 2.42. The van der Waals surface area contributed by atoms with Crippen LogP contribution in [0.25, 0.3) is 0 Å². The van der Waals surface area contributed by atoms with E-state index < -0.39 is 36.3 Å². The van der Waals surface area contributed by atoms with Crippen molar-refractivity contribution < 1.29 is 22.4 Å². The lowest BCUT2D eigenvalue weighted by Gasteiger charge is -2.32. The van der Waals surface area contributed by atoms with Crippen LogP contribution in [0.4, 0.5) is 17.6 Å². The van der Waals surface area contributed by atoms with Crippen LogP contribution in [0.3, 0.4) is 0 Å². The van der Waals surface area contributed by atoms with Crippen molar-refractivity contribution in [1.82, 2.24) is 5.32 Å². The number of nitrogens with one attached hydrogen (secondary N) is 1. The van der Waals surface area contributed by atoms with E-state index in [-0.39, 0.29) is 43.7 Å². The van der Waals surface area contributed by atoms with Gasteiger partial charge in [0.15, 0.2) is 0 Å². The highest BCUT2D eigenvalue weighted by Gasteiger charge is 2.42. The molecule has 1 fully saturated rings. The van der Waals surface area contributed by atoms with Crippen LogP contribution >= 0.6 is 0 Å². The van der Waals surface area contributed by atoms with Gasteiger partial charge in [0.05, 0.1) is 5.92 Å². The van der Waals surface area contributed by atoms with Gasteiger partial charge in [-0.2, -0.15) is 13.2 Å². The SMILES string of the molecule is NC1C=C(C(=O)NC2CCC(C(F)(F)F)CC2)C(F)CC1N. The Morgan fingerprint density at radius 3 is 2.32 bits per heavy atom. The Labute approximate surface area is 126 Å².